The lowest BCUT2D eigenvalue weighted by Crippen LogP contribution is -2.34. The molecular weight excluding hydrogens is 284 g/mol. The van der Waals surface area contributed by atoms with Gasteiger partial charge in [-0.25, -0.2) is 0 Å². The van der Waals surface area contributed by atoms with Crippen molar-refractivity contribution >= 4 is 0 Å². The Morgan fingerprint density at radius 1 is 0.652 bits per heavy atom. The molecule has 0 aliphatic carbocycles. The molecule has 0 heterocycles. The van der Waals surface area contributed by atoms with E-state index in [4.69, 9.17) is 9.47 Å². The van der Waals surface area contributed by atoms with Gasteiger partial charge in [0.15, 0.2) is 0 Å². The molecule has 0 aliphatic rings. The third-order valence-electron chi connectivity index (χ3n) is 4.94. The highest BCUT2D eigenvalue weighted by Gasteiger charge is 2.33. The molecule has 0 spiro atoms. The predicted molar refractivity (Wildman–Crippen MR) is 102 cm³/mol. The Morgan fingerprint density at radius 2 is 1.00 bits per heavy atom. The first kappa shape index (κ1) is 22.9. The Morgan fingerprint density at radius 3 is 1.26 bits per heavy atom. The van der Waals surface area contributed by atoms with Gasteiger partial charge in [-0.3, -0.25) is 0 Å². The molecule has 0 aromatic rings. The molecule has 0 saturated carbocycles. The minimum absolute atomic E-state index is 0.277. The summed E-state index contributed by atoms with van der Waals surface area (Å²) < 4.78 is 12.0. The first-order chi connectivity index (χ1) is 10.6. The molecule has 0 aromatic carbocycles. The Labute approximate surface area is 146 Å². The normalized spacial score (nSPS) is 15.7. The molecule has 2 heteroatoms. The van der Waals surface area contributed by atoms with E-state index in [1.165, 1.54) is 32.1 Å². The minimum Gasteiger partial charge on any atom is -0.381 e. The van der Waals surface area contributed by atoms with Crippen LogP contribution in [-0.2, 0) is 9.47 Å². The molecule has 23 heavy (non-hydrogen) atoms. The second-order valence-electron chi connectivity index (χ2n) is 9.22. The highest BCUT2D eigenvalue weighted by molar-refractivity contribution is 4.82. The fraction of sp³-hybridized carbons (Fsp3) is 1.00. The van der Waals surface area contributed by atoms with Gasteiger partial charge in [0.25, 0.3) is 0 Å². The zero-order valence-electron chi connectivity index (χ0n) is 17.3. The molecular formula is C21H44O2. The molecule has 2 nitrogen and oxygen atoms in total. The molecule has 0 radical (unpaired) electrons. The van der Waals surface area contributed by atoms with E-state index in [2.05, 4.69) is 55.4 Å². The summed E-state index contributed by atoms with van der Waals surface area (Å²) >= 11 is 0. The SMILES string of the molecule is CCCCOCC(CC(COCCCC)C(C)(C)C)C(C)(C)C. The number of ether oxygens (including phenoxy) is 2. The van der Waals surface area contributed by atoms with Crippen LogP contribution in [0.1, 0.15) is 87.5 Å². The predicted octanol–water partition coefficient (Wildman–Crippen LogP) is 6.33. The van der Waals surface area contributed by atoms with Crippen LogP contribution in [0.3, 0.4) is 0 Å². The highest BCUT2D eigenvalue weighted by Crippen LogP contribution is 2.38. The van der Waals surface area contributed by atoms with E-state index < -0.39 is 0 Å². The maximum Gasteiger partial charge on any atom is 0.0499 e. The van der Waals surface area contributed by atoms with Crippen LogP contribution in [0.25, 0.3) is 0 Å². The Bertz CT molecular complexity index is 245. The number of hydrogen-bond donors (Lipinski definition) is 0. The highest BCUT2D eigenvalue weighted by atomic mass is 16.5. The van der Waals surface area contributed by atoms with Gasteiger partial charge in [-0.15, -0.1) is 0 Å². The van der Waals surface area contributed by atoms with Crippen molar-refractivity contribution in [1.29, 1.82) is 0 Å². The lowest BCUT2D eigenvalue weighted by Gasteiger charge is -2.38. The smallest absolute Gasteiger partial charge is 0.0499 e. The largest absolute Gasteiger partial charge is 0.381 e. The molecule has 2 unspecified atom stereocenters. The monoisotopic (exact) mass is 328 g/mol. The summed E-state index contributed by atoms with van der Waals surface area (Å²) in [6.07, 6.45) is 5.93. The maximum absolute atomic E-state index is 5.98. The quantitative estimate of drug-likeness (QED) is 0.389. The van der Waals surface area contributed by atoms with Crippen LogP contribution in [0.5, 0.6) is 0 Å². The van der Waals surface area contributed by atoms with Crippen molar-refractivity contribution in [3.8, 4) is 0 Å². The van der Waals surface area contributed by atoms with Gasteiger partial charge < -0.3 is 9.47 Å². The lowest BCUT2D eigenvalue weighted by atomic mass is 9.70. The summed E-state index contributed by atoms with van der Waals surface area (Å²) in [6.45, 7) is 22.1. The molecule has 0 fully saturated rings. The summed E-state index contributed by atoms with van der Waals surface area (Å²) in [6, 6.07) is 0. The summed E-state index contributed by atoms with van der Waals surface area (Å²) in [5, 5.41) is 0. The number of hydrogen-bond acceptors (Lipinski definition) is 2. The molecule has 0 aliphatic heterocycles. The van der Waals surface area contributed by atoms with Crippen molar-refractivity contribution in [2.45, 2.75) is 87.5 Å². The standard InChI is InChI=1S/C21H44O2/c1-9-11-13-22-16-18(20(3,4)5)15-19(21(6,7)8)17-23-14-12-10-2/h18-19H,9-17H2,1-8H3. The van der Waals surface area contributed by atoms with Crippen LogP contribution in [0.4, 0.5) is 0 Å². The third kappa shape index (κ3) is 11.2. The van der Waals surface area contributed by atoms with Crippen LogP contribution in [0, 0.1) is 22.7 Å². The summed E-state index contributed by atoms with van der Waals surface area (Å²) in [5.41, 5.74) is 0.554. The van der Waals surface area contributed by atoms with E-state index in [9.17, 15) is 0 Å². The van der Waals surface area contributed by atoms with Crippen LogP contribution in [0.2, 0.25) is 0 Å². The first-order valence-corrected chi connectivity index (χ1v) is 9.78. The van der Waals surface area contributed by atoms with Crippen molar-refractivity contribution in [3.05, 3.63) is 0 Å². The van der Waals surface area contributed by atoms with E-state index >= 15 is 0 Å². The summed E-state index contributed by atoms with van der Waals surface area (Å²) in [5.74, 6) is 1.16. The molecule has 140 valence electrons. The second kappa shape index (κ2) is 11.5. The zero-order valence-corrected chi connectivity index (χ0v) is 17.3. The van der Waals surface area contributed by atoms with Gasteiger partial charge in [0, 0.05) is 26.4 Å². The number of rotatable bonds is 12. The summed E-state index contributed by atoms with van der Waals surface area (Å²) in [7, 11) is 0. The number of unbranched alkanes of at least 4 members (excludes halogenated alkanes) is 2. The first-order valence-electron chi connectivity index (χ1n) is 9.78. The van der Waals surface area contributed by atoms with E-state index in [1.807, 2.05) is 0 Å². The molecule has 0 amide bonds. The van der Waals surface area contributed by atoms with E-state index in [1.54, 1.807) is 0 Å². The fourth-order valence-electron chi connectivity index (χ4n) is 2.63. The molecule has 0 saturated heterocycles. The van der Waals surface area contributed by atoms with Crippen LogP contribution >= 0.6 is 0 Å². The van der Waals surface area contributed by atoms with Gasteiger partial charge >= 0.3 is 0 Å². The van der Waals surface area contributed by atoms with E-state index in [0.29, 0.717) is 11.8 Å². The van der Waals surface area contributed by atoms with Crippen molar-refractivity contribution < 1.29 is 9.47 Å². The molecule has 0 N–H and O–H groups in total. The van der Waals surface area contributed by atoms with Gasteiger partial charge in [0.2, 0.25) is 0 Å². The van der Waals surface area contributed by atoms with Crippen molar-refractivity contribution in [1.82, 2.24) is 0 Å². The van der Waals surface area contributed by atoms with Crippen LogP contribution in [0.15, 0.2) is 0 Å². The van der Waals surface area contributed by atoms with Crippen LogP contribution < -0.4 is 0 Å². The van der Waals surface area contributed by atoms with Gasteiger partial charge in [0.05, 0.1) is 0 Å². The lowest BCUT2D eigenvalue weighted by molar-refractivity contribution is -0.000986. The molecule has 2 atom stereocenters. The average molecular weight is 329 g/mol. The van der Waals surface area contributed by atoms with Crippen molar-refractivity contribution in [3.63, 3.8) is 0 Å². The Balaban J connectivity index is 4.64. The second-order valence-corrected chi connectivity index (χ2v) is 9.22. The van der Waals surface area contributed by atoms with E-state index in [-0.39, 0.29) is 10.8 Å². The Kier molecular flexibility index (Phi) is 11.4. The fourth-order valence-corrected chi connectivity index (χ4v) is 2.63. The third-order valence-corrected chi connectivity index (χ3v) is 4.94. The van der Waals surface area contributed by atoms with Gasteiger partial charge in [0.1, 0.15) is 0 Å². The van der Waals surface area contributed by atoms with Crippen LogP contribution in [-0.4, -0.2) is 26.4 Å². The topological polar surface area (TPSA) is 18.5 Å². The zero-order chi connectivity index (χ0) is 17.9. The molecule has 0 rings (SSSR count). The van der Waals surface area contributed by atoms with Crippen molar-refractivity contribution in [2.75, 3.05) is 26.4 Å². The summed E-state index contributed by atoms with van der Waals surface area (Å²) in [4.78, 5) is 0. The molecule has 0 bridgehead atoms. The average Bonchev–Trinajstić information content (AvgIpc) is 2.42. The van der Waals surface area contributed by atoms with Gasteiger partial charge in [-0.2, -0.15) is 0 Å². The van der Waals surface area contributed by atoms with E-state index in [0.717, 1.165) is 26.4 Å². The van der Waals surface area contributed by atoms with Gasteiger partial charge in [-0.1, -0.05) is 68.2 Å². The van der Waals surface area contributed by atoms with Gasteiger partial charge in [-0.05, 0) is 41.9 Å². The molecule has 0 aromatic heterocycles. The Hall–Kier alpha value is -0.0800. The van der Waals surface area contributed by atoms with Crippen molar-refractivity contribution in [2.24, 2.45) is 22.7 Å². The maximum atomic E-state index is 5.98. The minimum atomic E-state index is 0.277.